The number of likely N-dealkylation sites (N-methyl/N-ethyl adjacent to an activating group) is 1. The molecule has 0 N–H and O–H groups in total. The number of nitrogens with zero attached hydrogens (tertiary/aromatic N) is 2. The molecule has 0 aromatic rings. The van der Waals surface area contributed by atoms with E-state index in [1.54, 1.807) is 0 Å². The summed E-state index contributed by atoms with van der Waals surface area (Å²) in [5.41, 5.74) is 0. The van der Waals surface area contributed by atoms with E-state index in [4.69, 9.17) is 0 Å². The van der Waals surface area contributed by atoms with Crippen molar-refractivity contribution in [2.45, 2.75) is 30.8 Å². The zero-order valence-corrected chi connectivity index (χ0v) is 8.09. The molecule has 0 spiro atoms. The van der Waals surface area contributed by atoms with E-state index >= 15 is 0 Å². The minimum Gasteiger partial charge on any atom is -0.301 e. The van der Waals surface area contributed by atoms with Crippen molar-refractivity contribution in [1.29, 1.82) is 0 Å². The van der Waals surface area contributed by atoms with Gasteiger partial charge in [0.2, 0.25) is 0 Å². The van der Waals surface area contributed by atoms with Crippen LogP contribution < -0.4 is 0 Å². The van der Waals surface area contributed by atoms with E-state index in [1.807, 2.05) is 0 Å². The molecule has 3 unspecified atom stereocenters. The maximum atomic E-state index is 4.46. The maximum absolute atomic E-state index is 4.46. The summed E-state index contributed by atoms with van der Waals surface area (Å²) in [5, 5.41) is 0.443. The lowest BCUT2D eigenvalue weighted by atomic mass is 10.3. The molecule has 2 aliphatic rings. The molecule has 0 aromatic heterocycles. The van der Waals surface area contributed by atoms with E-state index in [-0.39, 0.29) is 0 Å². The van der Waals surface area contributed by atoms with Gasteiger partial charge in [0, 0.05) is 25.2 Å². The van der Waals surface area contributed by atoms with Gasteiger partial charge < -0.3 is 4.90 Å². The van der Waals surface area contributed by atoms with Gasteiger partial charge in [0.1, 0.15) is 0 Å². The molecular formula is C8H16N2S. The van der Waals surface area contributed by atoms with Crippen LogP contribution in [-0.2, 0) is 0 Å². The molecule has 0 bridgehead atoms. The van der Waals surface area contributed by atoms with Crippen LogP contribution in [0, 0.1) is 0 Å². The van der Waals surface area contributed by atoms with E-state index in [9.17, 15) is 0 Å². The Labute approximate surface area is 74.0 Å². The molecule has 2 nitrogen and oxygen atoms in total. The van der Waals surface area contributed by atoms with Crippen LogP contribution in [0.25, 0.3) is 0 Å². The van der Waals surface area contributed by atoms with Crippen LogP contribution in [-0.4, -0.2) is 47.4 Å². The van der Waals surface area contributed by atoms with E-state index < -0.39 is 0 Å². The Kier molecular flexibility index (Phi) is 1.90. The van der Waals surface area contributed by atoms with Crippen LogP contribution in [0.2, 0.25) is 0 Å². The van der Waals surface area contributed by atoms with Crippen LogP contribution in [0.1, 0.15) is 13.3 Å². The van der Waals surface area contributed by atoms with Gasteiger partial charge in [-0.2, -0.15) is 12.6 Å². The molecule has 3 atom stereocenters. The normalized spacial score (nSPS) is 41.7. The summed E-state index contributed by atoms with van der Waals surface area (Å²) in [6, 6.07) is 1.67. The van der Waals surface area contributed by atoms with E-state index in [2.05, 4.69) is 36.4 Å². The van der Waals surface area contributed by atoms with Gasteiger partial charge in [0.05, 0.1) is 5.37 Å². The van der Waals surface area contributed by atoms with Crippen LogP contribution in [0.15, 0.2) is 0 Å². The number of hydrogen-bond donors (Lipinski definition) is 1. The van der Waals surface area contributed by atoms with Crippen LogP contribution in [0.3, 0.4) is 0 Å². The Balaban J connectivity index is 1.97. The summed E-state index contributed by atoms with van der Waals surface area (Å²) in [5.74, 6) is 0. The third-order valence-corrected chi connectivity index (χ3v) is 3.20. The number of rotatable bonds is 1. The third-order valence-electron chi connectivity index (χ3n) is 2.91. The molecule has 0 amide bonds. The zero-order chi connectivity index (χ0) is 8.01. The van der Waals surface area contributed by atoms with Crippen molar-refractivity contribution >= 4 is 12.6 Å². The molecule has 11 heavy (non-hydrogen) atoms. The second-order valence-corrected chi connectivity index (χ2v) is 4.47. The molecule has 1 saturated carbocycles. The smallest absolute Gasteiger partial charge is 0.0503 e. The highest BCUT2D eigenvalue weighted by molar-refractivity contribution is 7.80. The Morgan fingerprint density at radius 2 is 2.09 bits per heavy atom. The summed E-state index contributed by atoms with van der Waals surface area (Å²) in [6.07, 6.45) is 1.36. The molecule has 0 radical (unpaired) electrons. The summed E-state index contributed by atoms with van der Waals surface area (Å²) in [7, 11) is 2.23. The van der Waals surface area contributed by atoms with Gasteiger partial charge >= 0.3 is 0 Å². The van der Waals surface area contributed by atoms with Gasteiger partial charge in [-0.05, 0) is 20.4 Å². The van der Waals surface area contributed by atoms with Crippen LogP contribution >= 0.6 is 12.6 Å². The quantitative estimate of drug-likeness (QED) is 0.580. The van der Waals surface area contributed by atoms with Crippen LogP contribution in [0.5, 0.6) is 0 Å². The first kappa shape index (κ1) is 7.90. The lowest BCUT2D eigenvalue weighted by Crippen LogP contribution is -2.46. The van der Waals surface area contributed by atoms with Crippen molar-refractivity contribution in [3.8, 4) is 0 Å². The van der Waals surface area contributed by atoms with Crippen molar-refractivity contribution in [2.24, 2.45) is 0 Å². The fourth-order valence-electron chi connectivity index (χ4n) is 2.07. The summed E-state index contributed by atoms with van der Waals surface area (Å²) >= 11 is 4.46. The second-order valence-electron chi connectivity index (χ2n) is 3.72. The molecule has 3 heteroatoms. The minimum atomic E-state index is 0.443. The average molecular weight is 172 g/mol. The summed E-state index contributed by atoms with van der Waals surface area (Å²) in [6.45, 7) is 4.58. The van der Waals surface area contributed by atoms with Crippen molar-refractivity contribution in [2.75, 3.05) is 20.1 Å². The summed E-state index contributed by atoms with van der Waals surface area (Å²) < 4.78 is 0. The predicted octanol–water partition coefficient (Wildman–Crippen LogP) is 0.651. The molecule has 1 aliphatic heterocycles. The molecule has 0 aromatic carbocycles. The topological polar surface area (TPSA) is 6.48 Å². The first-order chi connectivity index (χ1) is 5.20. The van der Waals surface area contributed by atoms with Gasteiger partial charge in [-0.3, -0.25) is 4.90 Å². The predicted molar refractivity (Wildman–Crippen MR) is 50.0 cm³/mol. The second kappa shape index (κ2) is 2.64. The molecule has 64 valence electrons. The minimum absolute atomic E-state index is 0.443. The zero-order valence-electron chi connectivity index (χ0n) is 7.20. The monoisotopic (exact) mass is 172 g/mol. The molecule has 2 fully saturated rings. The van der Waals surface area contributed by atoms with E-state index in [0.717, 1.165) is 12.1 Å². The largest absolute Gasteiger partial charge is 0.301 e. The molecule has 1 aliphatic carbocycles. The van der Waals surface area contributed by atoms with Crippen molar-refractivity contribution in [1.82, 2.24) is 9.80 Å². The highest BCUT2D eigenvalue weighted by atomic mass is 32.1. The van der Waals surface area contributed by atoms with Crippen molar-refractivity contribution in [3.05, 3.63) is 0 Å². The summed E-state index contributed by atoms with van der Waals surface area (Å²) in [4.78, 5) is 4.98. The number of hydrogen-bond acceptors (Lipinski definition) is 3. The molecule has 1 saturated heterocycles. The number of fused-ring (bicyclic) bond motifs is 1. The van der Waals surface area contributed by atoms with E-state index in [1.165, 1.54) is 19.5 Å². The fourth-order valence-corrected chi connectivity index (χ4v) is 2.35. The first-order valence-electron chi connectivity index (χ1n) is 4.34. The van der Waals surface area contributed by atoms with Gasteiger partial charge in [0.15, 0.2) is 0 Å². The maximum Gasteiger partial charge on any atom is 0.0503 e. The van der Waals surface area contributed by atoms with Crippen molar-refractivity contribution < 1.29 is 0 Å². The highest BCUT2D eigenvalue weighted by Gasteiger charge is 2.48. The molecular weight excluding hydrogens is 156 g/mol. The Bertz CT molecular complexity index is 160. The van der Waals surface area contributed by atoms with Gasteiger partial charge in [-0.15, -0.1) is 0 Å². The SMILES string of the molecule is CC(S)N1CCN(C)C2CC21. The lowest BCUT2D eigenvalue weighted by Gasteiger charge is -2.33. The Morgan fingerprint density at radius 1 is 1.36 bits per heavy atom. The van der Waals surface area contributed by atoms with Gasteiger partial charge in [-0.25, -0.2) is 0 Å². The number of thiol groups is 1. The highest BCUT2D eigenvalue weighted by Crippen LogP contribution is 2.37. The molecule has 1 heterocycles. The Morgan fingerprint density at radius 3 is 2.73 bits per heavy atom. The number of piperazine rings is 1. The van der Waals surface area contributed by atoms with Crippen LogP contribution in [0.4, 0.5) is 0 Å². The standard InChI is InChI=1S/C8H16N2S/c1-6(11)10-4-3-9(2)7-5-8(7)10/h6-8,11H,3-5H2,1-2H3. The van der Waals surface area contributed by atoms with Gasteiger partial charge in [0.25, 0.3) is 0 Å². The Hall–Kier alpha value is 0.270. The van der Waals surface area contributed by atoms with E-state index in [0.29, 0.717) is 5.37 Å². The molecule has 2 rings (SSSR count). The first-order valence-corrected chi connectivity index (χ1v) is 4.86. The third kappa shape index (κ3) is 1.30. The average Bonchev–Trinajstić information content (AvgIpc) is 2.66. The van der Waals surface area contributed by atoms with Crippen molar-refractivity contribution in [3.63, 3.8) is 0 Å². The lowest BCUT2D eigenvalue weighted by molar-refractivity contribution is 0.145. The fraction of sp³-hybridized carbons (Fsp3) is 1.00. The van der Waals surface area contributed by atoms with Gasteiger partial charge in [-0.1, -0.05) is 0 Å².